The van der Waals surface area contributed by atoms with Crippen molar-refractivity contribution in [2.45, 2.75) is 32.2 Å². The number of rotatable bonds is 5. The predicted octanol–water partition coefficient (Wildman–Crippen LogP) is 2.06. The number of hydrogen-bond donors (Lipinski definition) is 2. The molecule has 1 aliphatic rings. The normalized spacial score (nSPS) is 15.1. The van der Waals surface area contributed by atoms with Gasteiger partial charge in [0.05, 0.1) is 0 Å². The van der Waals surface area contributed by atoms with Crippen molar-refractivity contribution in [3.8, 4) is 0 Å². The Balaban J connectivity index is 2.22. The lowest BCUT2D eigenvalue weighted by atomic mass is 9.98. The van der Waals surface area contributed by atoms with Crippen molar-refractivity contribution in [2.75, 3.05) is 23.5 Å². The van der Waals surface area contributed by atoms with E-state index in [2.05, 4.69) is 18.3 Å². The third-order valence-electron chi connectivity index (χ3n) is 3.84. The number of aryl methyl sites for hydroxylation is 2. The SMILES string of the molecule is CSCCC(NC(N)=O)C(=O)N1CCCc2cc(C)ccc21. The van der Waals surface area contributed by atoms with Crippen molar-refractivity contribution in [1.29, 1.82) is 0 Å². The van der Waals surface area contributed by atoms with E-state index >= 15 is 0 Å². The van der Waals surface area contributed by atoms with Crippen LogP contribution in [0, 0.1) is 6.92 Å². The molecule has 5 nitrogen and oxygen atoms in total. The Labute approximate surface area is 135 Å². The van der Waals surface area contributed by atoms with Crippen LogP contribution in [-0.2, 0) is 11.2 Å². The van der Waals surface area contributed by atoms with E-state index in [1.165, 1.54) is 11.1 Å². The van der Waals surface area contributed by atoms with Crippen molar-refractivity contribution < 1.29 is 9.59 Å². The first kappa shape index (κ1) is 16.7. The second-order valence-electron chi connectivity index (χ2n) is 5.57. The predicted molar refractivity (Wildman–Crippen MR) is 91.4 cm³/mol. The minimum Gasteiger partial charge on any atom is -0.352 e. The molecular formula is C16H23N3O2S. The Morgan fingerprint density at radius 1 is 1.45 bits per heavy atom. The molecule has 22 heavy (non-hydrogen) atoms. The topological polar surface area (TPSA) is 75.4 Å². The summed E-state index contributed by atoms with van der Waals surface area (Å²) >= 11 is 1.65. The molecule has 0 bridgehead atoms. The van der Waals surface area contributed by atoms with Gasteiger partial charge in [0.25, 0.3) is 0 Å². The summed E-state index contributed by atoms with van der Waals surface area (Å²) in [5.74, 6) is 0.725. The van der Waals surface area contributed by atoms with Crippen molar-refractivity contribution in [3.05, 3.63) is 29.3 Å². The maximum absolute atomic E-state index is 12.8. The average Bonchev–Trinajstić information content (AvgIpc) is 2.49. The van der Waals surface area contributed by atoms with Crippen LogP contribution in [0.25, 0.3) is 0 Å². The summed E-state index contributed by atoms with van der Waals surface area (Å²) in [7, 11) is 0. The fraction of sp³-hybridized carbons (Fsp3) is 0.500. The van der Waals surface area contributed by atoms with Gasteiger partial charge >= 0.3 is 6.03 Å². The number of nitrogens with two attached hydrogens (primary N) is 1. The van der Waals surface area contributed by atoms with Gasteiger partial charge in [-0.05, 0) is 49.8 Å². The molecule has 6 heteroatoms. The quantitative estimate of drug-likeness (QED) is 0.871. The molecular weight excluding hydrogens is 298 g/mol. The third kappa shape index (κ3) is 3.94. The van der Waals surface area contributed by atoms with Crippen molar-refractivity contribution >= 4 is 29.4 Å². The summed E-state index contributed by atoms with van der Waals surface area (Å²) in [5.41, 5.74) is 8.57. The van der Waals surface area contributed by atoms with Crippen molar-refractivity contribution in [2.24, 2.45) is 5.73 Å². The maximum atomic E-state index is 12.8. The van der Waals surface area contributed by atoms with E-state index in [1.54, 1.807) is 16.7 Å². The van der Waals surface area contributed by atoms with Gasteiger partial charge in [-0.1, -0.05) is 17.7 Å². The highest BCUT2D eigenvalue weighted by Crippen LogP contribution is 2.28. The second kappa shape index (κ2) is 7.54. The molecule has 1 heterocycles. The summed E-state index contributed by atoms with van der Waals surface area (Å²) in [4.78, 5) is 25.8. The third-order valence-corrected chi connectivity index (χ3v) is 4.49. The molecule has 2 rings (SSSR count). The lowest BCUT2D eigenvalue weighted by Crippen LogP contribution is -2.51. The van der Waals surface area contributed by atoms with Crippen molar-refractivity contribution in [3.63, 3.8) is 0 Å². The van der Waals surface area contributed by atoms with Crippen molar-refractivity contribution in [1.82, 2.24) is 5.32 Å². The average molecular weight is 321 g/mol. The largest absolute Gasteiger partial charge is 0.352 e. The van der Waals surface area contributed by atoms with Gasteiger partial charge in [-0.3, -0.25) is 4.79 Å². The molecule has 0 saturated carbocycles. The van der Waals surface area contributed by atoms with Crippen LogP contribution in [0.3, 0.4) is 0 Å². The number of nitrogens with zero attached hydrogens (tertiary/aromatic N) is 1. The number of nitrogens with one attached hydrogen (secondary N) is 1. The Hall–Kier alpha value is -1.69. The lowest BCUT2D eigenvalue weighted by Gasteiger charge is -2.32. The molecule has 0 aliphatic carbocycles. The minimum atomic E-state index is -0.652. The number of carbonyl (C=O) groups is 2. The molecule has 0 radical (unpaired) electrons. The van der Waals surface area contributed by atoms with Crippen LogP contribution in [0.1, 0.15) is 24.0 Å². The molecule has 120 valence electrons. The minimum absolute atomic E-state index is 0.0716. The van der Waals surface area contributed by atoms with Crippen LogP contribution in [0.5, 0.6) is 0 Å². The number of fused-ring (bicyclic) bond motifs is 1. The van der Waals surface area contributed by atoms with Crippen LogP contribution in [0.15, 0.2) is 18.2 Å². The Bertz CT molecular complexity index is 562. The van der Waals surface area contributed by atoms with Crippen LogP contribution in [0.4, 0.5) is 10.5 Å². The van der Waals surface area contributed by atoms with Gasteiger partial charge in [0.15, 0.2) is 0 Å². The summed E-state index contributed by atoms with van der Waals surface area (Å²) in [6.07, 6.45) is 4.49. The summed E-state index contributed by atoms with van der Waals surface area (Å²) in [6.45, 7) is 2.74. The molecule has 0 saturated heterocycles. The lowest BCUT2D eigenvalue weighted by molar-refractivity contribution is -0.120. The van der Waals surface area contributed by atoms with E-state index in [1.807, 2.05) is 18.4 Å². The highest BCUT2D eigenvalue weighted by atomic mass is 32.2. The number of anilines is 1. The zero-order chi connectivity index (χ0) is 16.1. The van der Waals surface area contributed by atoms with E-state index in [4.69, 9.17) is 5.73 Å². The first-order chi connectivity index (χ1) is 10.5. The van der Waals surface area contributed by atoms with Crippen LogP contribution < -0.4 is 16.0 Å². The van der Waals surface area contributed by atoms with Crippen LogP contribution in [-0.4, -0.2) is 36.5 Å². The highest BCUT2D eigenvalue weighted by Gasteiger charge is 2.29. The van der Waals surface area contributed by atoms with Gasteiger partial charge < -0.3 is 16.0 Å². The number of amides is 3. The van der Waals surface area contributed by atoms with Gasteiger partial charge in [0.1, 0.15) is 6.04 Å². The van der Waals surface area contributed by atoms with E-state index in [9.17, 15) is 9.59 Å². The molecule has 1 aromatic rings. The molecule has 0 aromatic heterocycles. The van der Waals surface area contributed by atoms with Gasteiger partial charge in [0.2, 0.25) is 5.91 Å². The zero-order valence-electron chi connectivity index (χ0n) is 13.1. The fourth-order valence-corrected chi connectivity index (χ4v) is 3.28. The van der Waals surface area contributed by atoms with Gasteiger partial charge in [0, 0.05) is 12.2 Å². The van der Waals surface area contributed by atoms with Gasteiger partial charge in [-0.25, -0.2) is 4.79 Å². The Morgan fingerprint density at radius 3 is 2.91 bits per heavy atom. The van der Waals surface area contributed by atoms with E-state index < -0.39 is 12.1 Å². The first-order valence-electron chi connectivity index (χ1n) is 7.48. The summed E-state index contributed by atoms with van der Waals surface area (Å²) in [5, 5.41) is 2.59. The molecule has 3 N–H and O–H groups in total. The highest BCUT2D eigenvalue weighted by molar-refractivity contribution is 7.98. The monoisotopic (exact) mass is 321 g/mol. The number of hydrogen-bond acceptors (Lipinski definition) is 3. The number of thioether (sulfide) groups is 1. The molecule has 3 amide bonds. The molecule has 1 atom stereocenters. The van der Waals surface area contributed by atoms with E-state index in [-0.39, 0.29) is 5.91 Å². The van der Waals surface area contributed by atoms with E-state index in [0.29, 0.717) is 13.0 Å². The van der Waals surface area contributed by atoms with Crippen LogP contribution >= 0.6 is 11.8 Å². The smallest absolute Gasteiger partial charge is 0.312 e. The Kier molecular flexibility index (Phi) is 5.71. The molecule has 0 spiro atoms. The molecule has 1 aromatic carbocycles. The molecule has 0 fully saturated rings. The zero-order valence-corrected chi connectivity index (χ0v) is 13.9. The van der Waals surface area contributed by atoms with E-state index in [0.717, 1.165) is 24.3 Å². The first-order valence-corrected chi connectivity index (χ1v) is 8.88. The standard InChI is InChI=1S/C16H23N3O2S/c1-11-5-6-14-12(10-11)4-3-8-19(14)15(20)13(7-9-22-2)18-16(17)21/h5-6,10,13H,3-4,7-9H2,1-2H3,(H3,17,18,21). The Morgan fingerprint density at radius 2 is 2.23 bits per heavy atom. The summed E-state index contributed by atoms with van der Waals surface area (Å²) < 4.78 is 0. The number of benzene rings is 1. The van der Waals surface area contributed by atoms with Gasteiger partial charge in [-0.2, -0.15) is 11.8 Å². The fourth-order valence-electron chi connectivity index (χ4n) is 2.81. The number of primary amides is 1. The molecule has 1 aliphatic heterocycles. The maximum Gasteiger partial charge on any atom is 0.312 e. The number of carbonyl (C=O) groups excluding carboxylic acids is 2. The molecule has 1 unspecified atom stereocenters. The van der Waals surface area contributed by atoms with Gasteiger partial charge in [-0.15, -0.1) is 0 Å². The number of urea groups is 1. The second-order valence-corrected chi connectivity index (χ2v) is 6.55. The van der Waals surface area contributed by atoms with Crippen LogP contribution in [0.2, 0.25) is 0 Å². The summed E-state index contributed by atoms with van der Waals surface area (Å²) in [6, 6.07) is 4.94.